The van der Waals surface area contributed by atoms with Crippen molar-refractivity contribution in [2.45, 2.75) is 54.5 Å². The van der Waals surface area contributed by atoms with E-state index in [-0.39, 0.29) is 7.43 Å². The molecule has 0 saturated heterocycles. The highest BCUT2D eigenvalue weighted by Crippen LogP contribution is 2.17. The lowest BCUT2D eigenvalue weighted by Gasteiger charge is -2.18. The first-order chi connectivity index (χ1) is 10.1. The average molecular weight is 309 g/mol. The summed E-state index contributed by atoms with van der Waals surface area (Å²) in [6, 6.07) is 4.51. The zero-order valence-corrected chi connectivity index (χ0v) is 14.8. The summed E-state index contributed by atoms with van der Waals surface area (Å²) in [6.45, 7) is 10.2. The highest BCUT2D eigenvalue weighted by atomic mass is 16.5. The van der Waals surface area contributed by atoms with E-state index in [1.807, 2.05) is 50.7 Å². The monoisotopic (exact) mass is 309 g/mol. The zero-order valence-electron chi connectivity index (χ0n) is 14.8. The number of pyridine rings is 1. The number of likely N-dealkylation sites (N-methyl/N-ethyl adjacent to an activating group) is 1. The first-order valence-electron chi connectivity index (χ1n) is 7.78. The number of nitrogens with zero attached hydrogens (tertiary/aromatic N) is 3. The standard InChI is InChI=1S/C13H19N3O.2C2H6.CH4/c1-10(15(2)3)7-12-13-6-5-11(17-4)8-16(13)9-14-12;2*1-2;/h5-6,8-10H,7H2,1-4H3;2*1-2H3;1H4. The lowest BCUT2D eigenvalue weighted by Crippen LogP contribution is -2.26. The van der Waals surface area contributed by atoms with Crippen molar-refractivity contribution in [1.82, 2.24) is 14.3 Å². The van der Waals surface area contributed by atoms with Crippen molar-refractivity contribution in [3.05, 3.63) is 30.4 Å². The molecule has 4 nitrogen and oxygen atoms in total. The molecule has 0 aromatic carbocycles. The summed E-state index contributed by atoms with van der Waals surface area (Å²) >= 11 is 0. The molecule has 1 unspecified atom stereocenters. The van der Waals surface area contributed by atoms with Crippen LogP contribution in [0.15, 0.2) is 24.7 Å². The van der Waals surface area contributed by atoms with Crippen LogP contribution in [0.3, 0.4) is 0 Å². The van der Waals surface area contributed by atoms with Crippen LogP contribution < -0.4 is 4.74 Å². The van der Waals surface area contributed by atoms with Crippen LogP contribution in [0.5, 0.6) is 5.75 Å². The molecular formula is C18H35N3O. The fourth-order valence-electron chi connectivity index (χ4n) is 1.78. The van der Waals surface area contributed by atoms with Gasteiger partial charge in [0, 0.05) is 12.5 Å². The van der Waals surface area contributed by atoms with E-state index in [9.17, 15) is 0 Å². The van der Waals surface area contributed by atoms with Gasteiger partial charge in [-0.15, -0.1) is 0 Å². The second-order valence-electron chi connectivity index (χ2n) is 4.57. The maximum atomic E-state index is 5.19. The fraction of sp³-hybridized carbons (Fsp3) is 0.611. The van der Waals surface area contributed by atoms with E-state index in [1.54, 1.807) is 7.11 Å². The molecule has 0 radical (unpaired) electrons. The third kappa shape index (κ3) is 6.06. The molecular weight excluding hydrogens is 274 g/mol. The lowest BCUT2D eigenvalue weighted by molar-refractivity contribution is 0.311. The topological polar surface area (TPSA) is 29.8 Å². The zero-order chi connectivity index (χ0) is 16.4. The van der Waals surface area contributed by atoms with Gasteiger partial charge in [-0.1, -0.05) is 35.1 Å². The quantitative estimate of drug-likeness (QED) is 0.831. The number of hydrogen-bond donors (Lipinski definition) is 0. The molecule has 2 rings (SSSR count). The van der Waals surface area contributed by atoms with Gasteiger partial charge in [0.15, 0.2) is 0 Å². The first-order valence-corrected chi connectivity index (χ1v) is 7.78. The van der Waals surface area contributed by atoms with Crippen molar-refractivity contribution >= 4 is 5.52 Å². The SMILES string of the molecule is C.CC.CC.COc1ccc2c(CC(C)N(C)C)ncn2c1. The van der Waals surface area contributed by atoms with Gasteiger partial charge in [-0.05, 0) is 33.2 Å². The van der Waals surface area contributed by atoms with Gasteiger partial charge in [0.25, 0.3) is 0 Å². The van der Waals surface area contributed by atoms with E-state index < -0.39 is 0 Å². The van der Waals surface area contributed by atoms with Crippen molar-refractivity contribution < 1.29 is 4.74 Å². The minimum absolute atomic E-state index is 0. The number of aromatic nitrogens is 2. The largest absolute Gasteiger partial charge is 0.495 e. The van der Waals surface area contributed by atoms with E-state index in [0.29, 0.717) is 6.04 Å². The van der Waals surface area contributed by atoms with Crippen molar-refractivity contribution in [3.8, 4) is 5.75 Å². The number of fused-ring (bicyclic) bond motifs is 1. The predicted molar refractivity (Wildman–Crippen MR) is 98.0 cm³/mol. The Morgan fingerprint density at radius 3 is 2.27 bits per heavy atom. The van der Waals surface area contributed by atoms with E-state index >= 15 is 0 Å². The summed E-state index contributed by atoms with van der Waals surface area (Å²) in [7, 11) is 5.85. The Labute approximate surface area is 137 Å². The molecule has 22 heavy (non-hydrogen) atoms. The summed E-state index contributed by atoms with van der Waals surface area (Å²) < 4.78 is 7.20. The molecule has 0 bridgehead atoms. The molecule has 0 N–H and O–H groups in total. The molecule has 0 amide bonds. The second kappa shape index (κ2) is 12.0. The Hall–Kier alpha value is -1.55. The number of rotatable bonds is 4. The molecule has 0 fully saturated rings. The summed E-state index contributed by atoms with van der Waals surface area (Å²) in [5, 5.41) is 0. The van der Waals surface area contributed by atoms with E-state index in [1.165, 1.54) is 0 Å². The van der Waals surface area contributed by atoms with Crippen molar-refractivity contribution in [1.29, 1.82) is 0 Å². The van der Waals surface area contributed by atoms with Gasteiger partial charge < -0.3 is 14.0 Å². The summed E-state index contributed by atoms with van der Waals surface area (Å²) in [4.78, 5) is 6.68. The second-order valence-corrected chi connectivity index (χ2v) is 4.57. The molecule has 0 aliphatic carbocycles. The molecule has 0 saturated carbocycles. The van der Waals surface area contributed by atoms with Gasteiger partial charge in [-0.3, -0.25) is 0 Å². The van der Waals surface area contributed by atoms with Gasteiger partial charge in [0.1, 0.15) is 5.75 Å². The summed E-state index contributed by atoms with van der Waals surface area (Å²) in [5.74, 6) is 0.849. The number of imidazole rings is 1. The highest BCUT2D eigenvalue weighted by Gasteiger charge is 2.11. The molecule has 0 spiro atoms. The van der Waals surface area contributed by atoms with Gasteiger partial charge >= 0.3 is 0 Å². The van der Waals surface area contributed by atoms with E-state index in [0.717, 1.165) is 23.4 Å². The van der Waals surface area contributed by atoms with Crippen LogP contribution in [-0.2, 0) is 6.42 Å². The van der Waals surface area contributed by atoms with E-state index in [4.69, 9.17) is 4.74 Å². The Morgan fingerprint density at radius 2 is 1.77 bits per heavy atom. The number of ether oxygens (including phenoxy) is 1. The molecule has 4 heteroatoms. The normalized spacial score (nSPS) is 10.8. The molecule has 128 valence electrons. The minimum atomic E-state index is 0. The molecule has 0 aliphatic rings. The van der Waals surface area contributed by atoms with Crippen LogP contribution in [-0.4, -0.2) is 41.5 Å². The third-order valence-electron chi connectivity index (χ3n) is 3.19. The minimum Gasteiger partial charge on any atom is -0.495 e. The van der Waals surface area contributed by atoms with Crippen molar-refractivity contribution in [3.63, 3.8) is 0 Å². The Bertz CT molecular complexity index is 506. The van der Waals surface area contributed by atoms with Gasteiger partial charge in [-0.2, -0.15) is 0 Å². The lowest BCUT2D eigenvalue weighted by atomic mass is 10.1. The molecule has 1 atom stereocenters. The fourth-order valence-corrected chi connectivity index (χ4v) is 1.78. The van der Waals surface area contributed by atoms with Crippen molar-refractivity contribution in [2.75, 3.05) is 21.2 Å². The van der Waals surface area contributed by atoms with Gasteiger partial charge in [0.05, 0.1) is 30.8 Å². The smallest absolute Gasteiger partial charge is 0.135 e. The molecule has 2 aromatic heterocycles. The highest BCUT2D eigenvalue weighted by molar-refractivity contribution is 5.53. The molecule has 0 aliphatic heterocycles. The Kier molecular flexibility index (Phi) is 12.4. The summed E-state index contributed by atoms with van der Waals surface area (Å²) in [6.07, 6.45) is 4.75. The van der Waals surface area contributed by atoms with Gasteiger partial charge in [-0.25, -0.2) is 4.98 Å². The third-order valence-corrected chi connectivity index (χ3v) is 3.19. The van der Waals surface area contributed by atoms with Crippen LogP contribution in [0.4, 0.5) is 0 Å². The van der Waals surface area contributed by atoms with Crippen LogP contribution in [0.2, 0.25) is 0 Å². The Balaban J connectivity index is 0. The average Bonchev–Trinajstić information content (AvgIpc) is 2.93. The number of methoxy groups -OCH3 is 1. The number of hydrogen-bond acceptors (Lipinski definition) is 3. The Morgan fingerprint density at radius 1 is 1.18 bits per heavy atom. The maximum absolute atomic E-state index is 5.19. The molecule has 2 aromatic rings. The van der Waals surface area contributed by atoms with Crippen LogP contribution in [0.25, 0.3) is 5.52 Å². The van der Waals surface area contributed by atoms with Crippen LogP contribution >= 0.6 is 0 Å². The first kappa shape index (κ1) is 22.7. The van der Waals surface area contributed by atoms with E-state index in [2.05, 4.69) is 37.0 Å². The summed E-state index contributed by atoms with van der Waals surface area (Å²) in [5.41, 5.74) is 2.29. The van der Waals surface area contributed by atoms with Crippen LogP contribution in [0, 0.1) is 0 Å². The predicted octanol–water partition coefficient (Wildman–Crippen LogP) is 4.52. The maximum Gasteiger partial charge on any atom is 0.135 e. The van der Waals surface area contributed by atoms with Crippen LogP contribution in [0.1, 0.15) is 47.7 Å². The molecule has 2 heterocycles. The van der Waals surface area contributed by atoms with Crippen molar-refractivity contribution in [2.24, 2.45) is 0 Å². The van der Waals surface area contributed by atoms with Gasteiger partial charge in [0.2, 0.25) is 0 Å².